The van der Waals surface area contributed by atoms with Gasteiger partial charge in [-0.2, -0.15) is 0 Å². The summed E-state index contributed by atoms with van der Waals surface area (Å²) in [5.74, 6) is -7.68. The van der Waals surface area contributed by atoms with Gasteiger partial charge < -0.3 is 44.3 Å². The minimum absolute atomic E-state index is 0.0284. The third-order valence-corrected chi connectivity index (χ3v) is 13.6. The number of ether oxygens (including phenoxy) is 5. The monoisotopic (exact) mass is 898 g/mol. The van der Waals surface area contributed by atoms with Crippen molar-refractivity contribution in [3.05, 3.63) is 123 Å². The first-order chi connectivity index (χ1) is 31.5. The van der Waals surface area contributed by atoms with Crippen LogP contribution in [0.1, 0.15) is 89.4 Å². The molecule has 3 aromatic rings. The highest BCUT2D eigenvalue weighted by Gasteiger charge is 2.78. The summed E-state index contributed by atoms with van der Waals surface area (Å²) < 4.78 is 47.0. The van der Waals surface area contributed by atoms with Gasteiger partial charge in [-0.3, -0.25) is 19.2 Å². The first kappa shape index (κ1) is 43.8. The zero-order chi connectivity index (χ0) is 49.0. The number of nitrogens with one attached hydrogen (secondary N) is 1. The Balaban J connectivity index is 1.37. The number of rotatable bonds is 11. The molecule has 18 heteroatoms. The Morgan fingerprint density at radius 2 is 1.57 bits per heavy atom. The van der Waals surface area contributed by atoms with Crippen LogP contribution in [-0.2, 0) is 42.9 Å². The Bertz CT molecular complexity index is 2580. The fourth-order valence-corrected chi connectivity index (χ4v) is 10.2. The number of ketones is 1. The summed E-state index contributed by atoms with van der Waals surface area (Å²) in [7, 11) is 0. The Morgan fingerprint density at radius 3 is 2.14 bits per heavy atom. The van der Waals surface area contributed by atoms with E-state index in [1.807, 2.05) is 0 Å². The standard InChI is InChI=1S/C47H50N4O14/c1-24-31(63-43(59)36(55)35(27-13-9-7-10-14-27)49-41(57)28-17-19-30(20-18-28)50-51-48)22-47(60)40(64-42(58)29-15-11-8-12-16-29)38-45(6,32(54)21-33-46(38,23-61-33)65-26(3)53)39(56)37(62-25(2)52)34(24)44(47,4)5/h7-20,31-33,35-38,40,54-55,60H,21-23H2,1-6H3,(H,49,57)/t31-,32-,33+,35-,36+,37+,38-,40-,45+,46-,47+/m0/s1/i17T,18T. The molecular weight excluding hydrogens is 845 g/mol. The maximum Gasteiger partial charge on any atom is 0.338 e. The lowest BCUT2D eigenvalue weighted by Crippen LogP contribution is -2.82. The van der Waals surface area contributed by atoms with Gasteiger partial charge >= 0.3 is 23.9 Å². The first-order valence-corrected chi connectivity index (χ1v) is 20.8. The van der Waals surface area contributed by atoms with Crippen LogP contribution in [0.5, 0.6) is 0 Å². The van der Waals surface area contributed by atoms with Crippen molar-refractivity contribution in [1.29, 1.82) is 0 Å². The van der Waals surface area contributed by atoms with E-state index in [4.69, 9.17) is 32.0 Å². The van der Waals surface area contributed by atoms with E-state index in [1.165, 1.54) is 52.0 Å². The predicted molar refractivity (Wildman–Crippen MR) is 226 cm³/mol. The summed E-state index contributed by atoms with van der Waals surface area (Å²) in [6.45, 7) is 7.68. The molecule has 0 spiro atoms. The van der Waals surface area contributed by atoms with Crippen molar-refractivity contribution >= 4 is 41.3 Å². The van der Waals surface area contributed by atoms with E-state index in [1.54, 1.807) is 36.4 Å². The van der Waals surface area contributed by atoms with Gasteiger partial charge in [0.2, 0.25) is 0 Å². The SMILES string of the molecule is [3H]c1cc(N=[N+]=[N-])cc([3H])c1C(=O)N[C@@H](c1ccccc1)[C@@H](O)C(=O)O[C@H]1C[C@@]2(O)[C@@H](OC(=O)c3ccccc3)[C@@H]3[C@]4(OC(C)=O)CO[C@@H]4C[C@H](O)[C@@]3(C)C(=O)[C@H](OC(C)=O)C(=C1C)C2(C)C. The topological polar surface area (TPSA) is 270 Å². The largest absolute Gasteiger partial charge is 0.456 e. The van der Waals surface area contributed by atoms with Crippen LogP contribution in [0.25, 0.3) is 10.4 Å². The molecule has 4 aliphatic rings. The summed E-state index contributed by atoms with van der Waals surface area (Å²) in [6, 6.07) is 15.0. The van der Waals surface area contributed by atoms with Crippen LogP contribution in [0.3, 0.4) is 0 Å². The molecule has 1 saturated heterocycles. The highest BCUT2D eigenvalue weighted by Crippen LogP contribution is 2.64. The third kappa shape index (κ3) is 7.95. The molecule has 1 amide bonds. The number of aliphatic hydroxyl groups is 3. The summed E-state index contributed by atoms with van der Waals surface area (Å²) in [5.41, 5.74) is 0.371. The van der Waals surface area contributed by atoms with Gasteiger partial charge in [0, 0.05) is 48.3 Å². The van der Waals surface area contributed by atoms with E-state index in [2.05, 4.69) is 15.3 Å². The number of fused-ring (bicyclic) bond motifs is 5. The van der Waals surface area contributed by atoms with E-state index < -0.39 is 130 Å². The highest BCUT2D eigenvalue weighted by atomic mass is 16.6. The van der Waals surface area contributed by atoms with Gasteiger partial charge in [0.1, 0.15) is 23.9 Å². The number of nitrogens with zero attached hydrogens (tertiary/aromatic N) is 3. The molecular formula is C47H50N4O14. The first-order valence-electron chi connectivity index (χ1n) is 21.8. The van der Waals surface area contributed by atoms with Gasteiger partial charge in [-0.15, -0.1) is 0 Å². The number of azide groups is 1. The lowest BCUT2D eigenvalue weighted by atomic mass is 9.44. The van der Waals surface area contributed by atoms with Crippen molar-refractivity contribution in [2.45, 2.75) is 108 Å². The molecule has 0 aromatic heterocycles. The van der Waals surface area contributed by atoms with Crippen molar-refractivity contribution in [3.63, 3.8) is 0 Å². The summed E-state index contributed by atoms with van der Waals surface area (Å²) in [5, 5.41) is 43.6. The second-order valence-corrected chi connectivity index (χ2v) is 17.6. The number of hydrogen-bond acceptors (Lipinski definition) is 15. The number of carbonyl (C=O) groups excluding carboxylic acids is 6. The van der Waals surface area contributed by atoms with E-state index in [9.17, 15) is 39.3 Å². The van der Waals surface area contributed by atoms with E-state index >= 15 is 4.79 Å². The maximum absolute atomic E-state index is 15.5. The summed E-state index contributed by atoms with van der Waals surface area (Å²) >= 11 is 0. The third-order valence-electron chi connectivity index (χ3n) is 13.6. The smallest absolute Gasteiger partial charge is 0.338 e. The number of aliphatic hydroxyl groups excluding tert-OH is 2. The van der Waals surface area contributed by atoms with Crippen molar-refractivity contribution < 1.29 is 70.5 Å². The summed E-state index contributed by atoms with van der Waals surface area (Å²) in [4.78, 5) is 86.8. The normalized spacial score (nSPS) is 31.2. The van der Waals surface area contributed by atoms with Crippen molar-refractivity contribution in [2.24, 2.45) is 21.9 Å². The molecule has 7 rings (SSSR count). The molecule has 3 aromatic carbocycles. The van der Waals surface area contributed by atoms with E-state index in [0.29, 0.717) is 0 Å². The summed E-state index contributed by atoms with van der Waals surface area (Å²) in [6.07, 6.45) is -11.2. The Kier molecular flexibility index (Phi) is 11.8. The zero-order valence-electron chi connectivity index (χ0n) is 38.3. The van der Waals surface area contributed by atoms with Crippen molar-refractivity contribution in [3.8, 4) is 0 Å². The van der Waals surface area contributed by atoms with Crippen LogP contribution in [0.4, 0.5) is 5.69 Å². The number of carbonyl (C=O) groups is 6. The number of amides is 1. The van der Waals surface area contributed by atoms with Crippen LogP contribution >= 0.6 is 0 Å². The van der Waals surface area contributed by atoms with Gasteiger partial charge in [0.25, 0.3) is 5.91 Å². The molecule has 1 aliphatic heterocycles. The van der Waals surface area contributed by atoms with Gasteiger partial charge in [0.05, 0.1) is 38.4 Å². The average molecular weight is 899 g/mol. The Hall–Kier alpha value is -6.43. The molecule has 2 bridgehead atoms. The molecule has 3 aliphatic carbocycles. The molecule has 4 N–H and O–H groups in total. The van der Waals surface area contributed by atoms with Crippen LogP contribution in [0, 0.1) is 16.7 Å². The number of esters is 4. The second-order valence-electron chi connectivity index (χ2n) is 17.6. The molecule has 1 heterocycles. The lowest BCUT2D eigenvalue weighted by molar-refractivity contribution is -0.346. The zero-order valence-corrected chi connectivity index (χ0v) is 36.3. The molecule has 11 atom stereocenters. The molecule has 342 valence electrons. The number of Topliss-reactive ketones (excluding diaryl/α,β-unsaturated/α-hetero) is 1. The Morgan fingerprint density at radius 1 is 0.938 bits per heavy atom. The minimum Gasteiger partial charge on any atom is -0.456 e. The number of benzene rings is 3. The fraction of sp³-hybridized carbons (Fsp3) is 0.447. The quantitative estimate of drug-likeness (QED) is 0.0509. The van der Waals surface area contributed by atoms with Crippen molar-refractivity contribution in [2.75, 3.05) is 6.61 Å². The van der Waals surface area contributed by atoms with Crippen LogP contribution in [0.2, 0.25) is 0 Å². The molecule has 65 heavy (non-hydrogen) atoms. The molecule has 3 fully saturated rings. The highest BCUT2D eigenvalue weighted by molar-refractivity contribution is 5.96. The Labute approximate surface area is 376 Å². The van der Waals surface area contributed by atoms with E-state index in [0.717, 1.165) is 26.0 Å². The molecule has 0 unspecified atom stereocenters. The van der Waals surface area contributed by atoms with Crippen molar-refractivity contribution in [1.82, 2.24) is 5.32 Å². The minimum atomic E-state index is -2.47. The van der Waals surface area contributed by atoms with Crippen LogP contribution in [-0.4, -0.2) is 105 Å². The predicted octanol–water partition coefficient (Wildman–Crippen LogP) is 4.68. The molecule has 2 saturated carbocycles. The maximum atomic E-state index is 15.5. The second kappa shape index (κ2) is 17.5. The van der Waals surface area contributed by atoms with Gasteiger partial charge in [0.15, 0.2) is 23.6 Å². The van der Waals surface area contributed by atoms with E-state index in [-0.39, 0.29) is 41.0 Å². The van der Waals surface area contributed by atoms with Gasteiger partial charge in [-0.25, -0.2) is 9.59 Å². The fourth-order valence-electron chi connectivity index (χ4n) is 10.2. The molecule has 18 nitrogen and oxygen atoms in total. The van der Waals surface area contributed by atoms with Gasteiger partial charge in [-0.1, -0.05) is 79.6 Å². The average Bonchev–Trinajstić information content (AvgIpc) is 3.26. The van der Waals surface area contributed by atoms with Crippen LogP contribution < -0.4 is 5.32 Å². The number of hydrogen-bond donors (Lipinski definition) is 4. The lowest BCUT2D eigenvalue weighted by Gasteiger charge is -2.67. The van der Waals surface area contributed by atoms with Crippen LogP contribution in [0.15, 0.2) is 101 Å². The molecule has 0 radical (unpaired) electrons. The van der Waals surface area contributed by atoms with Gasteiger partial charge in [-0.05, 0) is 60.3 Å².